The number of anilines is 1. The maximum atomic E-state index is 13.3. The van der Waals surface area contributed by atoms with Gasteiger partial charge in [-0.1, -0.05) is 5.16 Å². The molecule has 0 bridgehead atoms. The lowest BCUT2D eigenvalue weighted by Crippen LogP contribution is -2.64. The topological polar surface area (TPSA) is 209 Å². The zero-order chi connectivity index (χ0) is 24.4. The number of carboxylic acids is 1. The predicted octanol–water partition coefficient (Wildman–Crippen LogP) is -1.61. The predicted molar refractivity (Wildman–Crippen MR) is 106 cm³/mol. The average Bonchev–Trinajstić information content (AvgIpc) is 3.43. The van der Waals surface area contributed by atoms with Crippen LogP contribution in [-0.4, -0.2) is 82.2 Å². The first-order valence-electron chi connectivity index (χ1n) is 9.26. The van der Waals surface area contributed by atoms with E-state index in [9.17, 15) is 29.1 Å². The number of nitrogens with one attached hydrogen (secondary N) is 1. The normalized spacial score (nSPS) is 25.0. The highest BCUT2D eigenvalue weighted by Crippen LogP contribution is 2.36. The van der Waals surface area contributed by atoms with Crippen LogP contribution in [0.25, 0.3) is 0 Å². The number of ether oxygens (including phenoxy) is 2. The lowest BCUT2D eigenvalue weighted by Gasteiger charge is -2.32. The SMILES string of the molecule is CON=C(C(=O)NC1(COC(C)=O)CON(C2(C(=O)O)CCC(=O)O2)C1=O)c1csc(N)n1. The Bertz CT molecular complexity index is 1040. The number of hydroxylamine groups is 2. The van der Waals surface area contributed by atoms with E-state index >= 15 is 0 Å². The van der Waals surface area contributed by atoms with E-state index in [4.69, 9.17) is 20.0 Å². The number of rotatable bonds is 8. The Kier molecular flexibility index (Phi) is 6.50. The number of hydrogen-bond acceptors (Lipinski definition) is 13. The molecule has 15 nitrogen and oxygen atoms in total. The van der Waals surface area contributed by atoms with Gasteiger partial charge in [0.1, 0.15) is 26.0 Å². The monoisotopic (exact) mass is 485 g/mol. The number of nitrogens with zero attached hydrogens (tertiary/aromatic N) is 3. The van der Waals surface area contributed by atoms with E-state index in [2.05, 4.69) is 20.3 Å². The Morgan fingerprint density at radius 1 is 1.42 bits per heavy atom. The number of nitrogen functional groups attached to an aromatic ring is 1. The summed E-state index contributed by atoms with van der Waals surface area (Å²) in [5, 5.41) is 17.5. The highest BCUT2D eigenvalue weighted by molar-refractivity contribution is 7.13. The summed E-state index contributed by atoms with van der Waals surface area (Å²) in [6, 6.07) is 0. The first-order valence-corrected chi connectivity index (χ1v) is 10.1. The van der Waals surface area contributed by atoms with E-state index in [1.165, 1.54) is 12.5 Å². The number of thiazole rings is 1. The number of carbonyl (C=O) groups is 5. The molecule has 1 aromatic rings. The molecule has 0 spiro atoms. The summed E-state index contributed by atoms with van der Waals surface area (Å²) in [4.78, 5) is 75.2. The van der Waals surface area contributed by atoms with Gasteiger partial charge in [-0.15, -0.1) is 11.3 Å². The molecule has 0 aliphatic carbocycles. The van der Waals surface area contributed by atoms with Crippen LogP contribution in [0.4, 0.5) is 5.13 Å². The summed E-state index contributed by atoms with van der Waals surface area (Å²) in [5.74, 6) is -5.40. The summed E-state index contributed by atoms with van der Waals surface area (Å²) < 4.78 is 9.84. The smallest absolute Gasteiger partial charge is 0.372 e. The average molecular weight is 485 g/mol. The van der Waals surface area contributed by atoms with Gasteiger partial charge in [0.25, 0.3) is 11.8 Å². The van der Waals surface area contributed by atoms with Crippen molar-refractivity contribution in [2.45, 2.75) is 31.0 Å². The third-order valence-corrected chi connectivity index (χ3v) is 5.36. The highest BCUT2D eigenvalue weighted by Gasteiger charge is 2.64. The first kappa shape index (κ1) is 23.9. The van der Waals surface area contributed by atoms with E-state index in [1.54, 1.807) is 0 Å². The van der Waals surface area contributed by atoms with Crippen LogP contribution in [0.5, 0.6) is 0 Å². The number of cyclic esters (lactones) is 1. The van der Waals surface area contributed by atoms with E-state index in [1.807, 2.05) is 0 Å². The summed E-state index contributed by atoms with van der Waals surface area (Å²) in [6.07, 6.45) is -0.669. The largest absolute Gasteiger partial charge is 0.477 e. The van der Waals surface area contributed by atoms with E-state index < -0.39 is 54.2 Å². The fraction of sp³-hybridized carbons (Fsp3) is 0.471. The van der Waals surface area contributed by atoms with Crippen LogP contribution < -0.4 is 11.1 Å². The van der Waals surface area contributed by atoms with Gasteiger partial charge in [0, 0.05) is 18.7 Å². The Hall–Kier alpha value is -3.79. The molecule has 3 rings (SSSR count). The van der Waals surface area contributed by atoms with Gasteiger partial charge >= 0.3 is 23.6 Å². The molecule has 33 heavy (non-hydrogen) atoms. The third kappa shape index (κ3) is 4.42. The van der Waals surface area contributed by atoms with Crippen LogP contribution in [0.3, 0.4) is 0 Å². The van der Waals surface area contributed by atoms with Crippen molar-refractivity contribution in [3.8, 4) is 0 Å². The Balaban J connectivity index is 1.95. The first-order chi connectivity index (χ1) is 15.5. The molecule has 3 heterocycles. The van der Waals surface area contributed by atoms with Gasteiger partial charge in [-0.3, -0.25) is 24.0 Å². The number of aromatic nitrogens is 1. The molecule has 0 aromatic carbocycles. The second kappa shape index (κ2) is 8.99. The molecule has 2 aliphatic heterocycles. The summed E-state index contributed by atoms with van der Waals surface area (Å²) in [7, 11) is 1.17. The number of carbonyl (C=O) groups excluding carboxylic acids is 4. The Labute approximate surface area is 189 Å². The minimum atomic E-state index is -2.44. The van der Waals surface area contributed by atoms with E-state index in [0.29, 0.717) is 5.06 Å². The van der Waals surface area contributed by atoms with Crippen LogP contribution >= 0.6 is 11.3 Å². The second-order valence-electron chi connectivity index (χ2n) is 6.95. The Morgan fingerprint density at radius 2 is 2.15 bits per heavy atom. The number of aliphatic carboxylic acids is 1. The van der Waals surface area contributed by atoms with Crippen LogP contribution in [0.2, 0.25) is 0 Å². The third-order valence-electron chi connectivity index (χ3n) is 4.68. The molecular weight excluding hydrogens is 466 g/mol. The second-order valence-corrected chi connectivity index (χ2v) is 7.84. The van der Waals surface area contributed by atoms with Crippen molar-refractivity contribution in [2.75, 3.05) is 26.1 Å². The van der Waals surface area contributed by atoms with Gasteiger partial charge in [-0.05, 0) is 0 Å². The molecule has 0 saturated carbocycles. The molecule has 2 amide bonds. The number of oxime groups is 1. The van der Waals surface area contributed by atoms with Gasteiger partial charge < -0.3 is 30.5 Å². The van der Waals surface area contributed by atoms with Crippen molar-refractivity contribution in [2.24, 2.45) is 5.16 Å². The van der Waals surface area contributed by atoms with Gasteiger partial charge in [0.2, 0.25) is 0 Å². The zero-order valence-electron chi connectivity index (χ0n) is 17.4. The van der Waals surface area contributed by atoms with Crippen molar-refractivity contribution in [1.82, 2.24) is 15.4 Å². The van der Waals surface area contributed by atoms with Crippen molar-refractivity contribution in [1.29, 1.82) is 0 Å². The molecule has 2 saturated heterocycles. The Morgan fingerprint density at radius 3 is 2.67 bits per heavy atom. The molecule has 4 N–H and O–H groups in total. The van der Waals surface area contributed by atoms with Gasteiger partial charge in [-0.2, -0.15) is 5.06 Å². The molecular formula is C17H19N5O10S. The van der Waals surface area contributed by atoms with Gasteiger partial charge in [0.15, 0.2) is 16.4 Å². The molecule has 178 valence electrons. The van der Waals surface area contributed by atoms with Crippen molar-refractivity contribution in [3.05, 3.63) is 11.1 Å². The lowest BCUT2D eigenvalue weighted by atomic mass is 9.99. The van der Waals surface area contributed by atoms with E-state index in [0.717, 1.165) is 18.3 Å². The van der Waals surface area contributed by atoms with Gasteiger partial charge in [0.05, 0.1) is 6.42 Å². The quantitative estimate of drug-likeness (QED) is 0.216. The van der Waals surface area contributed by atoms with Crippen LogP contribution in [0.15, 0.2) is 10.5 Å². The number of hydrogen-bond donors (Lipinski definition) is 3. The van der Waals surface area contributed by atoms with Crippen molar-refractivity contribution >= 4 is 51.9 Å². The van der Waals surface area contributed by atoms with Crippen LogP contribution in [0, 0.1) is 0 Å². The maximum Gasteiger partial charge on any atom is 0.372 e. The summed E-state index contributed by atoms with van der Waals surface area (Å²) in [6.45, 7) is -0.287. The number of nitrogens with two attached hydrogens (primary N) is 1. The van der Waals surface area contributed by atoms with E-state index in [-0.39, 0.29) is 29.4 Å². The zero-order valence-corrected chi connectivity index (χ0v) is 18.2. The molecule has 2 unspecified atom stereocenters. The molecule has 2 atom stereocenters. The molecule has 16 heteroatoms. The van der Waals surface area contributed by atoms with Crippen molar-refractivity contribution < 1.29 is 48.2 Å². The summed E-state index contributed by atoms with van der Waals surface area (Å²) >= 11 is 1.02. The standard InChI is InChI=1S/C17H19N5O10S/c1-8(23)30-6-16(20-12(25)11(21-29-2)9-5-33-15(18)19-9)7-31-22(13(16)26)17(14(27)28)4-3-10(24)32-17/h5H,3-4,6-7H2,1-2H3,(H2,18,19)(H,20,25)(H,27,28). The fourth-order valence-electron chi connectivity index (χ4n) is 3.12. The van der Waals surface area contributed by atoms with Gasteiger partial charge in [-0.25, -0.2) is 9.78 Å². The molecule has 0 radical (unpaired) electrons. The van der Waals surface area contributed by atoms with Crippen LogP contribution in [0.1, 0.15) is 25.5 Å². The number of amides is 2. The molecule has 2 aliphatic rings. The molecule has 1 aromatic heterocycles. The number of esters is 2. The molecule has 2 fully saturated rings. The minimum Gasteiger partial charge on any atom is -0.477 e. The minimum absolute atomic E-state index is 0.0365. The van der Waals surface area contributed by atoms with Crippen molar-refractivity contribution in [3.63, 3.8) is 0 Å². The highest BCUT2D eigenvalue weighted by atomic mass is 32.1. The van der Waals surface area contributed by atoms with Crippen LogP contribution in [-0.2, 0) is 43.1 Å². The lowest BCUT2D eigenvalue weighted by molar-refractivity contribution is -0.256. The fourth-order valence-corrected chi connectivity index (χ4v) is 3.67. The summed E-state index contributed by atoms with van der Waals surface area (Å²) in [5.41, 5.74) is 0.753. The number of carboxylic acid groups (broad SMARTS) is 1. The maximum absolute atomic E-state index is 13.3.